The van der Waals surface area contributed by atoms with Crippen LogP contribution in [0.5, 0.6) is 0 Å². The van der Waals surface area contributed by atoms with Crippen molar-refractivity contribution in [1.82, 2.24) is 24.5 Å². The van der Waals surface area contributed by atoms with Gasteiger partial charge in [-0.2, -0.15) is 9.97 Å². The van der Waals surface area contributed by atoms with Gasteiger partial charge in [-0.15, -0.1) is 0 Å². The van der Waals surface area contributed by atoms with Gasteiger partial charge in [0.2, 0.25) is 5.95 Å². The molecule has 9 aromatic rings. The van der Waals surface area contributed by atoms with Crippen LogP contribution in [0.15, 0.2) is 140 Å². The Balaban J connectivity index is 1.35. The van der Waals surface area contributed by atoms with Crippen LogP contribution in [0.25, 0.3) is 83.0 Å². The molecule has 0 radical (unpaired) electrons. The summed E-state index contributed by atoms with van der Waals surface area (Å²) in [5.74, 6) is 1.81. The molecule has 5 heteroatoms. The molecule has 3 heterocycles. The lowest BCUT2D eigenvalue weighted by molar-refractivity contribution is 0.953. The zero-order valence-electron chi connectivity index (χ0n) is 23.0. The van der Waals surface area contributed by atoms with Crippen molar-refractivity contribution in [3.63, 3.8) is 0 Å². The van der Waals surface area contributed by atoms with Gasteiger partial charge in [0.05, 0.1) is 16.6 Å². The molecule has 0 aliphatic carbocycles. The highest BCUT2D eigenvalue weighted by Crippen LogP contribution is 2.37. The predicted octanol–water partition coefficient (Wildman–Crippen LogP) is 9.16. The van der Waals surface area contributed by atoms with E-state index >= 15 is 0 Å². The highest BCUT2D eigenvalue weighted by molar-refractivity contribution is 6.25. The van der Waals surface area contributed by atoms with E-state index in [1.54, 1.807) is 0 Å². The number of hydrogen-bond donors (Lipinski definition) is 0. The van der Waals surface area contributed by atoms with Crippen LogP contribution in [0.4, 0.5) is 0 Å². The van der Waals surface area contributed by atoms with Gasteiger partial charge in [-0.1, -0.05) is 109 Å². The third-order valence-electron chi connectivity index (χ3n) is 8.29. The van der Waals surface area contributed by atoms with Crippen molar-refractivity contribution in [2.45, 2.75) is 0 Å². The first kappa shape index (κ1) is 23.7. The van der Waals surface area contributed by atoms with Crippen LogP contribution in [0, 0.1) is 0 Å². The predicted molar refractivity (Wildman–Crippen MR) is 175 cm³/mol. The standard InChI is InChI=1S/C38H23N5/c1-2-11-24(12-3-1)36-40-37(42-38(41-36)43-33-18-9-8-17-31(33)35-34(43)19-10-22-39-35)25-20-21-30-28-15-5-4-13-26(28)27-14-6-7-16-29(27)32(30)23-25/h1-23H. The number of fused-ring (bicyclic) bond motifs is 9. The number of para-hydroxylation sites is 1. The number of aromatic nitrogens is 5. The quantitative estimate of drug-likeness (QED) is 0.206. The van der Waals surface area contributed by atoms with Crippen molar-refractivity contribution in [3.05, 3.63) is 140 Å². The van der Waals surface area contributed by atoms with Gasteiger partial charge in [-0.05, 0) is 56.6 Å². The summed E-state index contributed by atoms with van der Waals surface area (Å²) in [6.07, 6.45) is 1.83. The van der Waals surface area contributed by atoms with E-state index in [1.807, 2.05) is 54.7 Å². The summed E-state index contributed by atoms with van der Waals surface area (Å²) in [6.45, 7) is 0. The topological polar surface area (TPSA) is 56.5 Å². The Labute approximate surface area is 246 Å². The van der Waals surface area contributed by atoms with Gasteiger partial charge in [0.15, 0.2) is 11.6 Å². The molecule has 43 heavy (non-hydrogen) atoms. The van der Waals surface area contributed by atoms with Crippen LogP contribution in [0.2, 0.25) is 0 Å². The maximum atomic E-state index is 5.13. The summed E-state index contributed by atoms with van der Waals surface area (Å²) < 4.78 is 2.10. The molecular formula is C38H23N5. The van der Waals surface area contributed by atoms with Gasteiger partial charge >= 0.3 is 0 Å². The SMILES string of the molecule is c1ccc(-c2nc(-c3ccc4c5ccccc5c5ccccc5c4c3)nc(-n3c4ccccc4c4ncccc43)n2)cc1. The number of benzene rings is 6. The normalized spacial score (nSPS) is 11.7. The number of hydrogen-bond acceptors (Lipinski definition) is 4. The first-order chi connectivity index (χ1) is 21.3. The molecule has 0 bridgehead atoms. The summed E-state index contributed by atoms with van der Waals surface area (Å²) in [6, 6.07) is 46.2. The van der Waals surface area contributed by atoms with Crippen LogP contribution >= 0.6 is 0 Å². The first-order valence-electron chi connectivity index (χ1n) is 14.3. The van der Waals surface area contributed by atoms with Crippen molar-refractivity contribution in [2.75, 3.05) is 0 Å². The first-order valence-corrected chi connectivity index (χ1v) is 14.3. The van der Waals surface area contributed by atoms with Gasteiger partial charge in [-0.3, -0.25) is 9.55 Å². The van der Waals surface area contributed by atoms with Crippen molar-refractivity contribution >= 4 is 54.3 Å². The summed E-state index contributed by atoms with van der Waals surface area (Å²) in [5, 5.41) is 8.39. The highest BCUT2D eigenvalue weighted by atomic mass is 15.2. The average Bonchev–Trinajstić information content (AvgIpc) is 3.43. The smallest absolute Gasteiger partial charge is 0.238 e. The fraction of sp³-hybridized carbons (Fsp3) is 0. The fourth-order valence-corrected chi connectivity index (χ4v) is 6.36. The molecule has 3 aromatic heterocycles. The summed E-state index contributed by atoms with van der Waals surface area (Å²) in [4.78, 5) is 19.9. The Morgan fingerprint density at radius 2 is 0.953 bits per heavy atom. The molecule has 0 saturated carbocycles. The van der Waals surface area contributed by atoms with Crippen LogP contribution in [-0.2, 0) is 0 Å². The second kappa shape index (κ2) is 9.29. The molecule has 6 aromatic carbocycles. The zero-order chi connectivity index (χ0) is 28.3. The summed E-state index contributed by atoms with van der Waals surface area (Å²) >= 11 is 0. The average molecular weight is 550 g/mol. The van der Waals surface area contributed by atoms with E-state index in [0.717, 1.165) is 33.1 Å². The lowest BCUT2D eigenvalue weighted by atomic mass is 9.93. The highest BCUT2D eigenvalue weighted by Gasteiger charge is 2.18. The van der Waals surface area contributed by atoms with E-state index in [9.17, 15) is 0 Å². The Morgan fingerprint density at radius 3 is 1.67 bits per heavy atom. The second-order valence-electron chi connectivity index (χ2n) is 10.7. The Morgan fingerprint density at radius 1 is 0.395 bits per heavy atom. The molecule has 200 valence electrons. The molecule has 0 aliphatic heterocycles. The third kappa shape index (κ3) is 3.65. The monoisotopic (exact) mass is 549 g/mol. The van der Waals surface area contributed by atoms with Crippen LogP contribution in [0.3, 0.4) is 0 Å². The van der Waals surface area contributed by atoms with E-state index in [1.165, 1.54) is 32.3 Å². The fourth-order valence-electron chi connectivity index (χ4n) is 6.36. The third-order valence-corrected chi connectivity index (χ3v) is 8.29. The number of rotatable bonds is 3. The second-order valence-corrected chi connectivity index (χ2v) is 10.7. The molecule has 9 rings (SSSR count). The Bertz CT molecular complexity index is 2430. The molecule has 0 amide bonds. The number of nitrogens with zero attached hydrogens (tertiary/aromatic N) is 5. The lowest BCUT2D eigenvalue weighted by Gasteiger charge is -2.13. The van der Waals surface area contributed by atoms with Crippen molar-refractivity contribution in [1.29, 1.82) is 0 Å². The van der Waals surface area contributed by atoms with Gasteiger partial charge in [0, 0.05) is 22.7 Å². The number of pyridine rings is 1. The Kier molecular flexibility index (Phi) is 5.13. The van der Waals surface area contributed by atoms with Gasteiger partial charge in [-0.25, -0.2) is 4.98 Å². The maximum Gasteiger partial charge on any atom is 0.238 e. The largest absolute Gasteiger partial charge is 0.276 e. The van der Waals surface area contributed by atoms with Gasteiger partial charge < -0.3 is 0 Å². The van der Waals surface area contributed by atoms with Crippen LogP contribution in [-0.4, -0.2) is 24.5 Å². The molecule has 0 saturated heterocycles. The Hall–Kier alpha value is -5.94. The van der Waals surface area contributed by atoms with Crippen molar-refractivity contribution < 1.29 is 0 Å². The molecule has 0 atom stereocenters. The minimum absolute atomic E-state index is 0.562. The van der Waals surface area contributed by atoms with E-state index < -0.39 is 0 Å². The molecule has 0 N–H and O–H groups in total. The van der Waals surface area contributed by atoms with E-state index in [4.69, 9.17) is 19.9 Å². The zero-order valence-corrected chi connectivity index (χ0v) is 23.0. The van der Waals surface area contributed by atoms with Gasteiger partial charge in [0.25, 0.3) is 0 Å². The van der Waals surface area contributed by atoms with Crippen molar-refractivity contribution in [2.24, 2.45) is 0 Å². The molecule has 0 aliphatic rings. The minimum Gasteiger partial charge on any atom is -0.276 e. The van der Waals surface area contributed by atoms with E-state index in [-0.39, 0.29) is 0 Å². The maximum absolute atomic E-state index is 5.13. The van der Waals surface area contributed by atoms with Crippen molar-refractivity contribution in [3.8, 4) is 28.7 Å². The molecule has 0 fully saturated rings. The molecular weight excluding hydrogens is 526 g/mol. The molecule has 0 unspecified atom stereocenters. The van der Waals surface area contributed by atoms with Crippen LogP contribution in [0.1, 0.15) is 0 Å². The minimum atomic E-state index is 0.562. The molecule has 5 nitrogen and oxygen atoms in total. The van der Waals surface area contributed by atoms with E-state index in [0.29, 0.717) is 17.6 Å². The lowest BCUT2D eigenvalue weighted by Crippen LogP contribution is -2.06. The summed E-state index contributed by atoms with van der Waals surface area (Å²) in [5.41, 5.74) is 4.75. The summed E-state index contributed by atoms with van der Waals surface area (Å²) in [7, 11) is 0. The van der Waals surface area contributed by atoms with E-state index in [2.05, 4.69) is 89.5 Å². The molecule has 0 spiro atoms. The van der Waals surface area contributed by atoms with Crippen LogP contribution < -0.4 is 0 Å². The van der Waals surface area contributed by atoms with Gasteiger partial charge in [0.1, 0.15) is 0 Å².